The molecule has 0 aliphatic carbocycles. The second-order valence-corrected chi connectivity index (χ2v) is 4.80. The quantitative estimate of drug-likeness (QED) is 0.785. The molecule has 1 N–H and O–H groups in total. The highest BCUT2D eigenvalue weighted by Crippen LogP contribution is 2.34. The van der Waals surface area contributed by atoms with Crippen LogP contribution in [0.15, 0.2) is 46.9 Å². The van der Waals surface area contributed by atoms with Gasteiger partial charge in [0.05, 0.1) is 12.7 Å². The van der Waals surface area contributed by atoms with Crippen LogP contribution in [0.4, 0.5) is 0 Å². The minimum absolute atomic E-state index is 0.216. The lowest BCUT2D eigenvalue weighted by molar-refractivity contribution is 0.0697. The maximum atomic E-state index is 11.0. The van der Waals surface area contributed by atoms with Crippen molar-refractivity contribution < 1.29 is 19.1 Å². The summed E-state index contributed by atoms with van der Waals surface area (Å²) in [6, 6.07) is 12.5. The second kappa shape index (κ2) is 4.98. The summed E-state index contributed by atoms with van der Waals surface area (Å²) < 4.78 is 11.1. The van der Waals surface area contributed by atoms with Gasteiger partial charge in [0.2, 0.25) is 0 Å². The first-order valence-electron chi connectivity index (χ1n) is 6.51. The summed E-state index contributed by atoms with van der Waals surface area (Å²) in [6.45, 7) is 1.96. The smallest absolute Gasteiger partial charge is 0.335 e. The van der Waals surface area contributed by atoms with Crippen LogP contribution in [-0.4, -0.2) is 18.2 Å². The van der Waals surface area contributed by atoms with Gasteiger partial charge in [-0.25, -0.2) is 4.79 Å². The van der Waals surface area contributed by atoms with Crippen molar-refractivity contribution in [2.24, 2.45) is 0 Å². The molecule has 2 aromatic carbocycles. The van der Waals surface area contributed by atoms with Crippen molar-refractivity contribution in [3.8, 4) is 17.1 Å². The van der Waals surface area contributed by atoms with E-state index in [0.717, 1.165) is 28.0 Å². The molecule has 4 heteroatoms. The van der Waals surface area contributed by atoms with Gasteiger partial charge in [0.15, 0.2) is 0 Å². The van der Waals surface area contributed by atoms with Gasteiger partial charge in [-0.2, -0.15) is 0 Å². The normalized spacial score (nSPS) is 10.8. The topological polar surface area (TPSA) is 59.7 Å². The number of fused-ring (bicyclic) bond motifs is 1. The molecule has 3 aromatic rings. The number of carboxylic acids is 1. The van der Waals surface area contributed by atoms with Crippen LogP contribution in [0.1, 0.15) is 15.9 Å². The first-order chi connectivity index (χ1) is 10.1. The van der Waals surface area contributed by atoms with E-state index in [0.29, 0.717) is 5.58 Å². The summed E-state index contributed by atoms with van der Waals surface area (Å²) in [7, 11) is 1.61. The number of carboxylic acid groups (broad SMARTS) is 1. The van der Waals surface area contributed by atoms with E-state index in [1.54, 1.807) is 25.3 Å². The third-order valence-electron chi connectivity index (χ3n) is 3.52. The maximum Gasteiger partial charge on any atom is 0.335 e. The molecule has 106 valence electrons. The SMILES string of the molecule is COc1cccc(-c2oc3cc(C(=O)O)ccc3c2C)c1. The Labute approximate surface area is 121 Å². The number of ether oxygens (including phenoxy) is 1. The van der Waals surface area contributed by atoms with Crippen LogP contribution >= 0.6 is 0 Å². The molecule has 0 amide bonds. The Kier molecular flexibility index (Phi) is 3.14. The predicted octanol–water partition coefficient (Wildman–Crippen LogP) is 4.12. The average molecular weight is 282 g/mol. The van der Waals surface area contributed by atoms with Crippen LogP contribution < -0.4 is 4.74 Å². The molecule has 4 nitrogen and oxygen atoms in total. The zero-order valence-electron chi connectivity index (χ0n) is 11.7. The number of aromatic carboxylic acids is 1. The van der Waals surface area contributed by atoms with Crippen LogP contribution in [0.5, 0.6) is 5.75 Å². The number of hydrogen-bond donors (Lipinski definition) is 1. The molecule has 0 unspecified atom stereocenters. The Morgan fingerprint density at radius 1 is 1.19 bits per heavy atom. The highest BCUT2D eigenvalue weighted by molar-refractivity contribution is 5.95. The van der Waals surface area contributed by atoms with Gasteiger partial charge in [-0.15, -0.1) is 0 Å². The molecule has 1 aromatic heterocycles. The Morgan fingerprint density at radius 3 is 2.71 bits per heavy atom. The Hall–Kier alpha value is -2.75. The van der Waals surface area contributed by atoms with E-state index < -0.39 is 5.97 Å². The lowest BCUT2D eigenvalue weighted by atomic mass is 10.1. The molecule has 0 fully saturated rings. The Bertz CT molecular complexity index is 830. The summed E-state index contributed by atoms with van der Waals surface area (Å²) >= 11 is 0. The lowest BCUT2D eigenvalue weighted by Gasteiger charge is -2.02. The van der Waals surface area contributed by atoms with Gasteiger partial charge in [0.25, 0.3) is 0 Å². The summed E-state index contributed by atoms with van der Waals surface area (Å²) in [4.78, 5) is 11.0. The van der Waals surface area contributed by atoms with E-state index in [9.17, 15) is 4.79 Å². The fraction of sp³-hybridized carbons (Fsp3) is 0.118. The number of methoxy groups -OCH3 is 1. The molecule has 21 heavy (non-hydrogen) atoms. The average Bonchev–Trinajstić information content (AvgIpc) is 2.84. The fourth-order valence-electron chi connectivity index (χ4n) is 2.40. The number of aryl methyl sites for hydroxylation is 1. The summed E-state index contributed by atoms with van der Waals surface area (Å²) in [5.41, 5.74) is 2.67. The number of benzene rings is 2. The minimum Gasteiger partial charge on any atom is -0.497 e. The van der Waals surface area contributed by atoms with Crippen molar-refractivity contribution in [3.05, 3.63) is 53.6 Å². The van der Waals surface area contributed by atoms with Crippen LogP contribution in [0, 0.1) is 6.92 Å². The standard InChI is InChI=1S/C17H14O4/c1-10-14-7-6-12(17(18)19)9-15(14)21-16(10)11-4-3-5-13(8-11)20-2/h3-9H,1-2H3,(H,18,19). The highest BCUT2D eigenvalue weighted by Gasteiger charge is 2.14. The van der Waals surface area contributed by atoms with E-state index in [1.165, 1.54) is 0 Å². The number of carbonyl (C=O) groups is 1. The van der Waals surface area contributed by atoms with Gasteiger partial charge in [0.1, 0.15) is 17.1 Å². The van der Waals surface area contributed by atoms with E-state index in [1.807, 2.05) is 31.2 Å². The summed E-state index contributed by atoms with van der Waals surface area (Å²) in [5, 5.41) is 9.96. The van der Waals surface area contributed by atoms with Crippen molar-refractivity contribution in [2.75, 3.05) is 7.11 Å². The van der Waals surface area contributed by atoms with E-state index in [2.05, 4.69) is 0 Å². The van der Waals surface area contributed by atoms with Crippen LogP contribution in [0.3, 0.4) is 0 Å². The van der Waals surface area contributed by atoms with Crippen molar-refractivity contribution in [1.29, 1.82) is 0 Å². The number of furan rings is 1. The third-order valence-corrected chi connectivity index (χ3v) is 3.52. The number of hydrogen-bond acceptors (Lipinski definition) is 3. The molecule has 3 rings (SSSR count). The molecule has 0 spiro atoms. The molecular formula is C17H14O4. The van der Waals surface area contributed by atoms with Crippen molar-refractivity contribution in [2.45, 2.75) is 6.92 Å². The maximum absolute atomic E-state index is 11.0. The van der Waals surface area contributed by atoms with Gasteiger partial charge >= 0.3 is 5.97 Å². The van der Waals surface area contributed by atoms with Gasteiger partial charge in [-0.05, 0) is 37.3 Å². The molecule has 0 radical (unpaired) electrons. The largest absolute Gasteiger partial charge is 0.497 e. The van der Waals surface area contributed by atoms with Gasteiger partial charge in [-0.1, -0.05) is 12.1 Å². The summed E-state index contributed by atoms with van der Waals surface area (Å²) in [6.07, 6.45) is 0. The van der Waals surface area contributed by atoms with E-state index in [4.69, 9.17) is 14.3 Å². The van der Waals surface area contributed by atoms with E-state index >= 15 is 0 Å². The fourth-order valence-corrected chi connectivity index (χ4v) is 2.40. The van der Waals surface area contributed by atoms with Crippen LogP contribution in [0.2, 0.25) is 0 Å². The Morgan fingerprint density at radius 2 is 2.00 bits per heavy atom. The minimum atomic E-state index is -0.964. The van der Waals surface area contributed by atoms with Gasteiger partial charge in [-0.3, -0.25) is 0 Å². The van der Waals surface area contributed by atoms with Crippen molar-refractivity contribution >= 4 is 16.9 Å². The zero-order chi connectivity index (χ0) is 15.0. The molecule has 0 saturated carbocycles. The molecule has 0 aliphatic rings. The monoisotopic (exact) mass is 282 g/mol. The van der Waals surface area contributed by atoms with Crippen molar-refractivity contribution in [3.63, 3.8) is 0 Å². The lowest BCUT2D eigenvalue weighted by Crippen LogP contribution is -1.94. The van der Waals surface area contributed by atoms with E-state index in [-0.39, 0.29) is 5.56 Å². The highest BCUT2D eigenvalue weighted by atomic mass is 16.5. The first-order valence-corrected chi connectivity index (χ1v) is 6.51. The third kappa shape index (κ3) is 2.25. The van der Waals surface area contributed by atoms with Crippen LogP contribution in [-0.2, 0) is 0 Å². The number of rotatable bonds is 3. The van der Waals surface area contributed by atoms with Crippen LogP contribution in [0.25, 0.3) is 22.3 Å². The molecular weight excluding hydrogens is 268 g/mol. The molecule has 1 heterocycles. The van der Waals surface area contributed by atoms with Crippen molar-refractivity contribution in [1.82, 2.24) is 0 Å². The van der Waals surface area contributed by atoms with Gasteiger partial charge in [0, 0.05) is 16.5 Å². The zero-order valence-corrected chi connectivity index (χ0v) is 11.7. The molecule has 0 saturated heterocycles. The Balaban J connectivity index is 2.18. The predicted molar refractivity (Wildman–Crippen MR) is 79.9 cm³/mol. The van der Waals surface area contributed by atoms with Gasteiger partial charge < -0.3 is 14.3 Å². The molecule has 0 atom stereocenters. The summed E-state index contributed by atoms with van der Waals surface area (Å²) in [5.74, 6) is 0.513. The first kappa shape index (κ1) is 13.2. The second-order valence-electron chi connectivity index (χ2n) is 4.80. The molecule has 0 bridgehead atoms. The molecule has 0 aliphatic heterocycles.